The Labute approximate surface area is 216 Å². The monoisotopic (exact) mass is 543 g/mol. The third kappa shape index (κ3) is 4.12. The van der Waals surface area contributed by atoms with Crippen LogP contribution in [0.5, 0.6) is 0 Å². The van der Waals surface area contributed by atoms with Crippen LogP contribution < -0.4 is 10.6 Å². The maximum absolute atomic E-state index is 15.3. The number of alkyl halides is 3. The molecule has 0 saturated carbocycles. The second-order valence-electron chi connectivity index (χ2n) is 9.05. The molecule has 2 N–H and O–H groups in total. The summed E-state index contributed by atoms with van der Waals surface area (Å²) in [6.45, 7) is -0.0790. The van der Waals surface area contributed by atoms with Gasteiger partial charge >= 0.3 is 6.18 Å². The number of anilines is 2. The van der Waals surface area contributed by atoms with E-state index < -0.39 is 36.0 Å². The van der Waals surface area contributed by atoms with Gasteiger partial charge in [0, 0.05) is 36.5 Å². The number of carbonyl (C=O) groups excluding carboxylic acids is 1. The van der Waals surface area contributed by atoms with E-state index in [1.807, 2.05) is 0 Å². The van der Waals surface area contributed by atoms with Gasteiger partial charge in [0.05, 0.1) is 48.3 Å². The number of benzene rings is 1. The van der Waals surface area contributed by atoms with Crippen molar-refractivity contribution in [2.75, 3.05) is 10.6 Å². The standard InChI is InChI=1S/C25H18F5N7O2/c1-35-8-13(6-32-35)36(9-20-22(27)37-7-12(25(28,29)30)2-3-21(37)33-20)24(38)15-4-14-16-10-39-11-17(16)23(31)34-19(14)5-18(15)26/h2-8H,9-11H2,1H3,(H2,31,34). The molecule has 9 nitrogen and oxygen atoms in total. The first-order valence-corrected chi connectivity index (χ1v) is 11.5. The number of imidazole rings is 1. The molecule has 0 spiro atoms. The Morgan fingerprint density at radius 3 is 2.62 bits per heavy atom. The number of pyridine rings is 2. The number of hydrogen-bond acceptors (Lipinski definition) is 6. The molecular weight excluding hydrogens is 525 g/mol. The number of ether oxygens (including phenoxy) is 1. The van der Waals surface area contributed by atoms with Crippen molar-refractivity contribution in [1.29, 1.82) is 0 Å². The van der Waals surface area contributed by atoms with Gasteiger partial charge in [0.2, 0.25) is 5.95 Å². The maximum atomic E-state index is 15.3. The fourth-order valence-corrected chi connectivity index (χ4v) is 4.61. The zero-order valence-electron chi connectivity index (χ0n) is 20.1. The SMILES string of the molecule is Cn1cc(N(Cc2nc3ccc(C(F)(F)F)cn3c2F)C(=O)c2cc3c4c(c(N)nc3cc2F)COC4)cn1. The van der Waals surface area contributed by atoms with Gasteiger partial charge in [-0.2, -0.15) is 22.7 Å². The highest BCUT2D eigenvalue weighted by Crippen LogP contribution is 2.34. The Bertz CT molecular complexity index is 1790. The van der Waals surface area contributed by atoms with E-state index in [-0.39, 0.29) is 47.1 Å². The number of amides is 1. The van der Waals surface area contributed by atoms with E-state index in [0.717, 1.165) is 23.1 Å². The number of halogens is 5. The normalized spacial score (nSPS) is 13.4. The first-order valence-electron chi connectivity index (χ1n) is 11.5. The number of nitrogens with zero attached hydrogens (tertiary/aromatic N) is 6. The van der Waals surface area contributed by atoms with E-state index in [0.29, 0.717) is 27.1 Å². The smallest absolute Gasteiger partial charge is 0.383 e. The van der Waals surface area contributed by atoms with E-state index in [2.05, 4.69) is 15.1 Å². The van der Waals surface area contributed by atoms with Crippen molar-refractivity contribution in [2.24, 2.45) is 7.05 Å². The molecule has 4 aromatic heterocycles. The quantitative estimate of drug-likeness (QED) is 0.338. The van der Waals surface area contributed by atoms with Gasteiger partial charge in [0.15, 0.2) is 0 Å². The van der Waals surface area contributed by atoms with Gasteiger partial charge in [-0.25, -0.2) is 14.4 Å². The van der Waals surface area contributed by atoms with E-state index in [4.69, 9.17) is 10.5 Å². The molecule has 39 heavy (non-hydrogen) atoms. The first kappa shape index (κ1) is 24.7. The molecule has 5 aromatic rings. The largest absolute Gasteiger partial charge is 0.417 e. The lowest BCUT2D eigenvalue weighted by molar-refractivity contribution is -0.137. The number of nitrogen functional groups attached to an aromatic ring is 1. The first-order chi connectivity index (χ1) is 18.5. The van der Waals surface area contributed by atoms with Crippen molar-refractivity contribution < 1.29 is 31.5 Å². The minimum absolute atomic E-state index is 0.0924. The average Bonchev–Trinajstić information content (AvgIpc) is 3.61. The molecule has 1 amide bonds. The predicted molar refractivity (Wildman–Crippen MR) is 128 cm³/mol. The maximum Gasteiger partial charge on any atom is 0.417 e. The van der Waals surface area contributed by atoms with E-state index in [9.17, 15) is 18.0 Å². The van der Waals surface area contributed by atoms with E-state index >= 15 is 8.78 Å². The van der Waals surface area contributed by atoms with Gasteiger partial charge in [0.1, 0.15) is 23.0 Å². The Morgan fingerprint density at radius 2 is 1.90 bits per heavy atom. The molecule has 200 valence electrons. The summed E-state index contributed by atoms with van der Waals surface area (Å²) in [6.07, 6.45) is -1.33. The van der Waals surface area contributed by atoms with Gasteiger partial charge in [0.25, 0.3) is 5.91 Å². The Hall–Kier alpha value is -4.59. The molecule has 0 radical (unpaired) electrons. The van der Waals surface area contributed by atoms with Crippen LogP contribution in [0, 0.1) is 11.8 Å². The van der Waals surface area contributed by atoms with Crippen LogP contribution in [-0.2, 0) is 37.7 Å². The lowest BCUT2D eigenvalue weighted by atomic mass is 10.0. The number of carbonyl (C=O) groups is 1. The molecule has 0 bridgehead atoms. The van der Waals surface area contributed by atoms with Gasteiger partial charge in [-0.05, 0) is 23.8 Å². The Balaban J connectivity index is 1.45. The lowest BCUT2D eigenvalue weighted by Crippen LogP contribution is -2.31. The predicted octanol–water partition coefficient (Wildman–Crippen LogP) is 4.37. The molecule has 0 saturated heterocycles. The van der Waals surface area contributed by atoms with Crippen molar-refractivity contribution in [2.45, 2.75) is 25.9 Å². The van der Waals surface area contributed by atoms with Crippen LogP contribution >= 0.6 is 0 Å². The number of aromatic nitrogens is 5. The zero-order valence-corrected chi connectivity index (χ0v) is 20.1. The molecule has 14 heteroatoms. The summed E-state index contributed by atoms with van der Waals surface area (Å²) in [5.41, 5.74) is 5.93. The minimum atomic E-state index is -4.69. The van der Waals surface area contributed by atoms with Gasteiger partial charge in [-0.15, -0.1) is 0 Å². The molecule has 1 aliphatic heterocycles. The number of rotatable bonds is 4. The molecule has 0 fully saturated rings. The topological polar surface area (TPSA) is 104 Å². The molecule has 0 atom stereocenters. The summed E-state index contributed by atoms with van der Waals surface area (Å²) in [7, 11) is 1.59. The van der Waals surface area contributed by atoms with Crippen LogP contribution in [0.25, 0.3) is 16.6 Å². The van der Waals surface area contributed by atoms with Crippen molar-refractivity contribution >= 4 is 34.0 Å². The van der Waals surface area contributed by atoms with E-state index in [1.165, 1.54) is 23.1 Å². The Kier molecular flexibility index (Phi) is 5.53. The molecule has 5 heterocycles. The Morgan fingerprint density at radius 1 is 1.13 bits per heavy atom. The van der Waals surface area contributed by atoms with Crippen molar-refractivity contribution in [3.63, 3.8) is 0 Å². The zero-order chi connectivity index (χ0) is 27.6. The van der Waals surface area contributed by atoms with Crippen LogP contribution in [0.2, 0.25) is 0 Å². The van der Waals surface area contributed by atoms with Gasteiger partial charge in [-0.3, -0.25) is 18.8 Å². The minimum Gasteiger partial charge on any atom is -0.383 e. The lowest BCUT2D eigenvalue weighted by Gasteiger charge is -2.21. The summed E-state index contributed by atoms with van der Waals surface area (Å²) in [6, 6.07) is 4.23. The van der Waals surface area contributed by atoms with Crippen LogP contribution in [0.15, 0.2) is 42.9 Å². The van der Waals surface area contributed by atoms with Crippen LogP contribution in [-0.4, -0.2) is 30.1 Å². The van der Waals surface area contributed by atoms with Crippen molar-refractivity contribution in [3.05, 3.63) is 82.6 Å². The third-order valence-corrected chi connectivity index (χ3v) is 6.56. The number of aryl methyl sites for hydroxylation is 1. The number of nitrogens with two attached hydrogens (primary N) is 1. The van der Waals surface area contributed by atoms with E-state index in [1.54, 1.807) is 7.05 Å². The van der Waals surface area contributed by atoms with Crippen LogP contribution in [0.3, 0.4) is 0 Å². The van der Waals surface area contributed by atoms with Crippen molar-refractivity contribution in [3.8, 4) is 0 Å². The number of fused-ring (bicyclic) bond motifs is 4. The summed E-state index contributed by atoms with van der Waals surface area (Å²) in [4.78, 5) is 23.1. The highest BCUT2D eigenvalue weighted by atomic mass is 19.4. The fourth-order valence-electron chi connectivity index (χ4n) is 4.61. The highest BCUT2D eigenvalue weighted by Gasteiger charge is 2.32. The van der Waals surface area contributed by atoms with Crippen LogP contribution in [0.1, 0.15) is 32.7 Å². The highest BCUT2D eigenvalue weighted by molar-refractivity contribution is 6.08. The average molecular weight is 543 g/mol. The molecule has 1 aliphatic rings. The molecule has 6 rings (SSSR count). The molecule has 0 unspecified atom stereocenters. The second-order valence-corrected chi connectivity index (χ2v) is 9.05. The summed E-state index contributed by atoms with van der Waals surface area (Å²) in [5.74, 6) is -2.62. The summed E-state index contributed by atoms with van der Waals surface area (Å²) < 4.78 is 77.6. The molecule has 1 aromatic carbocycles. The van der Waals surface area contributed by atoms with Gasteiger partial charge in [-0.1, -0.05) is 0 Å². The number of hydrogen-bond donors (Lipinski definition) is 1. The van der Waals surface area contributed by atoms with Crippen molar-refractivity contribution in [1.82, 2.24) is 24.1 Å². The third-order valence-electron chi connectivity index (χ3n) is 6.56. The molecular formula is C25H18F5N7O2. The van der Waals surface area contributed by atoms with Crippen LogP contribution in [0.4, 0.5) is 33.5 Å². The summed E-state index contributed by atoms with van der Waals surface area (Å²) in [5, 5.41) is 4.51. The molecule has 0 aliphatic carbocycles. The fraction of sp³-hybridized carbons (Fsp3) is 0.200. The second kappa shape index (κ2) is 8.73. The summed E-state index contributed by atoms with van der Waals surface area (Å²) >= 11 is 0. The van der Waals surface area contributed by atoms with Gasteiger partial charge < -0.3 is 10.5 Å².